The Labute approximate surface area is 165 Å². The number of rotatable bonds is 8. The fourth-order valence-corrected chi connectivity index (χ4v) is 4.45. The van der Waals surface area contributed by atoms with Gasteiger partial charge in [0, 0.05) is 44.6 Å². The molecule has 1 aliphatic rings. The molecule has 1 heterocycles. The minimum absolute atomic E-state index is 0.0164. The summed E-state index contributed by atoms with van der Waals surface area (Å²) in [5, 5.41) is 0. The number of likely N-dealkylation sites (tertiary alicyclic amines) is 1. The van der Waals surface area contributed by atoms with Crippen LogP contribution in [0.4, 0.5) is 0 Å². The summed E-state index contributed by atoms with van der Waals surface area (Å²) in [7, 11) is -3.68. The van der Waals surface area contributed by atoms with E-state index in [1.807, 2.05) is 0 Å². The summed E-state index contributed by atoms with van der Waals surface area (Å²) in [5.74, 6) is -1.02. The Hall–Kier alpha value is -2.46. The zero-order valence-electron chi connectivity index (χ0n) is 16.1. The van der Waals surface area contributed by atoms with E-state index >= 15 is 0 Å². The lowest BCUT2D eigenvalue weighted by atomic mass is 10.2. The van der Waals surface area contributed by atoms with Crippen LogP contribution in [0.2, 0.25) is 0 Å². The van der Waals surface area contributed by atoms with Crippen molar-refractivity contribution in [2.24, 2.45) is 0 Å². The molecule has 10 heteroatoms. The third-order valence-electron chi connectivity index (χ3n) is 4.54. The molecule has 1 aliphatic heterocycles. The molecule has 0 bridgehead atoms. The van der Waals surface area contributed by atoms with Gasteiger partial charge < -0.3 is 4.90 Å². The second kappa shape index (κ2) is 9.65. The molecule has 0 atom stereocenters. The van der Waals surface area contributed by atoms with Crippen molar-refractivity contribution in [3.63, 3.8) is 0 Å². The van der Waals surface area contributed by atoms with E-state index in [-0.39, 0.29) is 22.8 Å². The predicted octanol–water partition coefficient (Wildman–Crippen LogP) is 0.491. The van der Waals surface area contributed by atoms with Crippen LogP contribution in [0.15, 0.2) is 29.2 Å². The van der Waals surface area contributed by atoms with Gasteiger partial charge in [-0.25, -0.2) is 8.42 Å². The number of nitrogens with one attached hydrogen (secondary N) is 2. The van der Waals surface area contributed by atoms with Crippen LogP contribution < -0.4 is 10.9 Å². The molecule has 1 fully saturated rings. The molecule has 0 radical (unpaired) electrons. The van der Waals surface area contributed by atoms with Gasteiger partial charge in [-0.15, -0.1) is 0 Å². The molecule has 2 rings (SSSR count). The minimum Gasteiger partial charge on any atom is -0.342 e. The van der Waals surface area contributed by atoms with E-state index in [9.17, 15) is 22.8 Å². The first kappa shape index (κ1) is 21.8. The van der Waals surface area contributed by atoms with Crippen molar-refractivity contribution < 1.29 is 22.8 Å². The minimum atomic E-state index is -3.68. The molecule has 0 spiro atoms. The van der Waals surface area contributed by atoms with Gasteiger partial charge in [0.05, 0.1) is 4.90 Å². The van der Waals surface area contributed by atoms with Gasteiger partial charge in [-0.1, -0.05) is 19.9 Å². The van der Waals surface area contributed by atoms with Crippen molar-refractivity contribution >= 4 is 27.7 Å². The van der Waals surface area contributed by atoms with Gasteiger partial charge in [0.2, 0.25) is 21.8 Å². The first-order chi connectivity index (χ1) is 13.3. The van der Waals surface area contributed by atoms with E-state index in [4.69, 9.17) is 0 Å². The number of hydrazine groups is 1. The maximum atomic E-state index is 12.6. The molecular weight excluding hydrogens is 384 g/mol. The first-order valence-electron chi connectivity index (χ1n) is 9.26. The van der Waals surface area contributed by atoms with E-state index in [2.05, 4.69) is 10.9 Å². The molecule has 0 saturated carbocycles. The quantitative estimate of drug-likeness (QED) is 0.605. The van der Waals surface area contributed by atoms with E-state index in [1.165, 1.54) is 28.6 Å². The lowest BCUT2D eigenvalue weighted by Crippen LogP contribution is -2.43. The average Bonchev–Trinajstić information content (AvgIpc) is 3.10. The maximum Gasteiger partial charge on any atom is 0.269 e. The SMILES string of the molecule is CCN(CC)S(=O)(=O)c1cccc(C(=O)NNC(=O)CCN2CCCC2=O)c1. The normalized spacial score (nSPS) is 14.4. The monoisotopic (exact) mass is 410 g/mol. The second-order valence-corrected chi connectivity index (χ2v) is 8.29. The Morgan fingerprint density at radius 1 is 1.18 bits per heavy atom. The highest BCUT2D eigenvalue weighted by atomic mass is 32.2. The van der Waals surface area contributed by atoms with E-state index in [0.717, 1.165) is 6.42 Å². The number of carbonyl (C=O) groups excluding carboxylic acids is 3. The van der Waals surface area contributed by atoms with E-state index < -0.39 is 21.8 Å². The Balaban J connectivity index is 1.93. The van der Waals surface area contributed by atoms with Gasteiger partial charge in [0.15, 0.2) is 0 Å². The summed E-state index contributed by atoms with van der Waals surface area (Å²) in [6.45, 7) is 5.08. The van der Waals surface area contributed by atoms with Crippen LogP contribution in [0.1, 0.15) is 43.5 Å². The average molecular weight is 410 g/mol. The molecule has 0 unspecified atom stereocenters. The first-order valence-corrected chi connectivity index (χ1v) is 10.7. The molecule has 154 valence electrons. The van der Waals surface area contributed by atoms with Crippen molar-refractivity contribution in [2.75, 3.05) is 26.2 Å². The number of hydrogen-bond donors (Lipinski definition) is 2. The van der Waals surface area contributed by atoms with Crippen molar-refractivity contribution in [1.29, 1.82) is 0 Å². The Kier molecular flexibility index (Phi) is 7.53. The van der Waals surface area contributed by atoms with E-state index in [1.54, 1.807) is 18.7 Å². The van der Waals surface area contributed by atoms with Crippen molar-refractivity contribution in [3.8, 4) is 0 Å². The van der Waals surface area contributed by atoms with Crippen LogP contribution in [0.5, 0.6) is 0 Å². The fraction of sp³-hybridized carbons (Fsp3) is 0.500. The molecule has 28 heavy (non-hydrogen) atoms. The zero-order valence-corrected chi connectivity index (χ0v) is 16.9. The predicted molar refractivity (Wildman–Crippen MR) is 103 cm³/mol. The number of benzene rings is 1. The molecule has 1 aromatic rings. The molecular formula is C18H26N4O5S. The molecule has 0 aliphatic carbocycles. The molecule has 2 N–H and O–H groups in total. The highest BCUT2D eigenvalue weighted by molar-refractivity contribution is 7.89. The fourth-order valence-electron chi connectivity index (χ4n) is 2.95. The van der Waals surface area contributed by atoms with Crippen LogP contribution in [-0.2, 0) is 19.6 Å². The third kappa shape index (κ3) is 5.29. The van der Waals surface area contributed by atoms with Crippen molar-refractivity contribution in [2.45, 2.75) is 38.0 Å². The largest absolute Gasteiger partial charge is 0.342 e. The molecule has 1 aromatic carbocycles. The standard InChI is InChI=1S/C18H26N4O5S/c1-3-22(4-2)28(26,27)15-8-5-7-14(13-15)18(25)20-19-16(23)10-12-21-11-6-9-17(21)24/h5,7-8,13H,3-4,6,9-12H2,1-2H3,(H,19,23)(H,20,25). The second-order valence-electron chi connectivity index (χ2n) is 6.35. The zero-order chi connectivity index (χ0) is 20.7. The summed E-state index contributed by atoms with van der Waals surface area (Å²) in [6, 6.07) is 5.64. The van der Waals surface area contributed by atoms with Gasteiger partial charge in [-0.3, -0.25) is 25.2 Å². The number of hydrogen-bond acceptors (Lipinski definition) is 5. The van der Waals surface area contributed by atoms with Gasteiger partial charge in [-0.05, 0) is 24.6 Å². The summed E-state index contributed by atoms with van der Waals surface area (Å²) >= 11 is 0. The van der Waals surface area contributed by atoms with Crippen LogP contribution in [-0.4, -0.2) is 61.5 Å². The number of carbonyl (C=O) groups is 3. The van der Waals surface area contributed by atoms with Crippen LogP contribution in [0, 0.1) is 0 Å². The van der Waals surface area contributed by atoms with E-state index in [0.29, 0.717) is 32.6 Å². The molecule has 9 nitrogen and oxygen atoms in total. The molecule has 0 aromatic heterocycles. The highest BCUT2D eigenvalue weighted by Crippen LogP contribution is 2.17. The van der Waals surface area contributed by atoms with Gasteiger partial charge in [0.1, 0.15) is 0 Å². The lowest BCUT2D eigenvalue weighted by molar-refractivity contribution is -0.128. The smallest absolute Gasteiger partial charge is 0.269 e. The van der Waals surface area contributed by atoms with Crippen molar-refractivity contribution in [3.05, 3.63) is 29.8 Å². The molecule has 1 saturated heterocycles. The van der Waals surface area contributed by atoms with Crippen LogP contribution in [0.3, 0.4) is 0 Å². The van der Waals surface area contributed by atoms with Gasteiger partial charge in [-0.2, -0.15) is 4.31 Å². The lowest BCUT2D eigenvalue weighted by Gasteiger charge is -2.18. The summed E-state index contributed by atoms with van der Waals surface area (Å²) < 4.78 is 26.4. The Bertz CT molecular complexity index is 836. The number of sulfonamides is 1. The van der Waals surface area contributed by atoms with Gasteiger partial charge >= 0.3 is 0 Å². The van der Waals surface area contributed by atoms with Crippen LogP contribution in [0.25, 0.3) is 0 Å². The topological polar surface area (TPSA) is 116 Å². The number of amides is 3. The van der Waals surface area contributed by atoms with Crippen LogP contribution >= 0.6 is 0 Å². The Morgan fingerprint density at radius 2 is 1.89 bits per heavy atom. The highest BCUT2D eigenvalue weighted by Gasteiger charge is 2.23. The third-order valence-corrected chi connectivity index (χ3v) is 6.58. The molecule has 3 amide bonds. The summed E-state index contributed by atoms with van der Waals surface area (Å²) in [4.78, 5) is 37.3. The van der Waals surface area contributed by atoms with Gasteiger partial charge in [0.25, 0.3) is 5.91 Å². The summed E-state index contributed by atoms with van der Waals surface area (Å²) in [5.41, 5.74) is 4.67. The van der Waals surface area contributed by atoms with Crippen molar-refractivity contribution in [1.82, 2.24) is 20.1 Å². The summed E-state index contributed by atoms with van der Waals surface area (Å²) in [6.07, 6.45) is 1.37. The number of nitrogens with zero attached hydrogens (tertiary/aromatic N) is 2. The maximum absolute atomic E-state index is 12.6. The Morgan fingerprint density at radius 3 is 2.50 bits per heavy atom.